The fourth-order valence-electron chi connectivity index (χ4n) is 2.52. The first kappa shape index (κ1) is 19.9. The van der Waals surface area contributed by atoms with E-state index in [0.29, 0.717) is 24.7 Å². The molecule has 2 aliphatic rings. The summed E-state index contributed by atoms with van der Waals surface area (Å²) in [5.74, 6) is 2.39. The maximum absolute atomic E-state index is 11.7. The summed E-state index contributed by atoms with van der Waals surface area (Å²) in [4.78, 5) is 6.76. The van der Waals surface area contributed by atoms with E-state index in [9.17, 15) is 4.21 Å². The number of amidine groups is 1. The molecular formula is C15H24N6O2S3. The lowest BCUT2D eigenvalue weighted by atomic mass is 10.2. The highest BCUT2D eigenvalue weighted by atomic mass is 32.2. The number of hydrogen-bond acceptors (Lipinski definition) is 8. The summed E-state index contributed by atoms with van der Waals surface area (Å²) >= 11 is 1.98. The van der Waals surface area contributed by atoms with Crippen LogP contribution in [0.2, 0.25) is 0 Å². The summed E-state index contributed by atoms with van der Waals surface area (Å²) < 4.78 is 25.5. The molecule has 8 nitrogen and oxygen atoms in total. The summed E-state index contributed by atoms with van der Waals surface area (Å²) in [6.45, 7) is 3.74. The van der Waals surface area contributed by atoms with Crippen molar-refractivity contribution in [2.24, 2.45) is 8.80 Å². The van der Waals surface area contributed by atoms with Gasteiger partial charge in [0.15, 0.2) is 5.84 Å². The van der Waals surface area contributed by atoms with Gasteiger partial charge in [-0.2, -0.15) is 16.2 Å². The summed E-state index contributed by atoms with van der Waals surface area (Å²) in [6, 6.07) is 0. The monoisotopic (exact) mass is 416 g/mol. The number of thiazole rings is 1. The molecule has 2 aliphatic heterocycles. The molecule has 0 bridgehead atoms. The van der Waals surface area contributed by atoms with E-state index < -0.39 is 11.2 Å². The first-order chi connectivity index (χ1) is 12.6. The molecule has 0 saturated carbocycles. The van der Waals surface area contributed by atoms with Gasteiger partial charge in [0.1, 0.15) is 16.8 Å². The second-order valence-corrected chi connectivity index (χ2v) is 9.03. The van der Waals surface area contributed by atoms with Crippen molar-refractivity contribution >= 4 is 45.8 Å². The van der Waals surface area contributed by atoms with Gasteiger partial charge in [-0.3, -0.25) is 0 Å². The van der Waals surface area contributed by atoms with Crippen LogP contribution in [0.1, 0.15) is 10.7 Å². The van der Waals surface area contributed by atoms with Crippen LogP contribution in [-0.2, 0) is 28.2 Å². The van der Waals surface area contributed by atoms with E-state index in [1.807, 2.05) is 25.9 Å². The first-order valence-electron chi connectivity index (χ1n) is 8.43. The zero-order chi connectivity index (χ0) is 18.4. The molecule has 3 rings (SSSR count). The van der Waals surface area contributed by atoms with Crippen LogP contribution in [0.4, 0.5) is 0 Å². The molecule has 2 N–H and O–H groups in total. The Morgan fingerprint density at radius 3 is 3.15 bits per heavy atom. The highest BCUT2D eigenvalue weighted by Crippen LogP contribution is 2.16. The van der Waals surface area contributed by atoms with E-state index in [1.165, 1.54) is 0 Å². The van der Waals surface area contributed by atoms with Crippen LogP contribution in [0.3, 0.4) is 0 Å². The zero-order valence-electron chi connectivity index (χ0n) is 14.9. The van der Waals surface area contributed by atoms with Crippen molar-refractivity contribution in [3.63, 3.8) is 0 Å². The average Bonchev–Trinajstić information content (AvgIpc) is 3.21. The maximum Gasteiger partial charge on any atom is 0.268 e. The van der Waals surface area contributed by atoms with Crippen LogP contribution in [0.5, 0.6) is 0 Å². The summed E-state index contributed by atoms with van der Waals surface area (Å²) in [5, 5.41) is 9.78. The summed E-state index contributed by atoms with van der Waals surface area (Å²) in [6.07, 6.45) is -0.181. The Balaban J connectivity index is 1.39. The van der Waals surface area contributed by atoms with Crippen molar-refractivity contribution in [3.05, 3.63) is 16.1 Å². The highest BCUT2D eigenvalue weighted by molar-refractivity contribution is 7.98. The first-order valence-corrected chi connectivity index (χ1v) is 11.5. The SMILES string of the molecule is CN(C)Cc1nc(CSCCNC2=NS(=O)N=C2C2CNCCO2)cs1. The van der Waals surface area contributed by atoms with Crippen molar-refractivity contribution in [2.45, 2.75) is 18.4 Å². The third kappa shape index (κ3) is 5.83. The quantitative estimate of drug-likeness (QED) is 0.595. The Morgan fingerprint density at radius 2 is 2.38 bits per heavy atom. The number of aromatic nitrogens is 1. The summed E-state index contributed by atoms with van der Waals surface area (Å²) in [5.41, 5.74) is 1.79. The average molecular weight is 417 g/mol. The van der Waals surface area contributed by atoms with Crippen LogP contribution in [-0.4, -0.2) is 77.8 Å². The number of rotatable bonds is 8. The minimum atomic E-state index is -1.54. The predicted molar refractivity (Wildman–Crippen MR) is 109 cm³/mol. The van der Waals surface area contributed by atoms with Gasteiger partial charge in [-0.15, -0.1) is 15.7 Å². The van der Waals surface area contributed by atoms with Gasteiger partial charge in [0.25, 0.3) is 11.2 Å². The molecule has 1 aromatic heterocycles. The molecule has 2 unspecified atom stereocenters. The lowest BCUT2D eigenvalue weighted by Gasteiger charge is -2.24. The van der Waals surface area contributed by atoms with Gasteiger partial charge >= 0.3 is 0 Å². The predicted octanol–water partition coefficient (Wildman–Crippen LogP) is 0.448. The highest BCUT2D eigenvalue weighted by Gasteiger charge is 2.29. The van der Waals surface area contributed by atoms with Crippen molar-refractivity contribution in [2.75, 3.05) is 46.1 Å². The minimum absolute atomic E-state index is 0.181. The minimum Gasteiger partial charge on any atom is -0.369 e. The Labute approximate surface area is 164 Å². The van der Waals surface area contributed by atoms with Gasteiger partial charge in [0.05, 0.1) is 12.3 Å². The molecule has 144 valence electrons. The van der Waals surface area contributed by atoms with E-state index in [2.05, 4.69) is 34.7 Å². The maximum atomic E-state index is 11.7. The van der Waals surface area contributed by atoms with Gasteiger partial charge in [0.2, 0.25) is 0 Å². The molecule has 2 atom stereocenters. The van der Waals surface area contributed by atoms with Crippen LogP contribution in [0.25, 0.3) is 0 Å². The molecule has 11 heteroatoms. The Hall–Kier alpha value is -0.850. The van der Waals surface area contributed by atoms with E-state index >= 15 is 0 Å². The molecule has 0 radical (unpaired) electrons. The standard InChI is InChI=1S/C15H24N6O2S3/c1-21(2)8-13-18-11(10-25-13)9-24-6-4-17-15-14(19-26(22)20-15)12-7-16-3-5-23-12/h10,12,16H,3-9H2,1-2H3,(H,17,20). The van der Waals surface area contributed by atoms with Crippen LogP contribution in [0, 0.1) is 0 Å². The molecule has 1 aromatic rings. The molecule has 3 heterocycles. The second-order valence-electron chi connectivity index (χ2n) is 6.16. The lowest BCUT2D eigenvalue weighted by Crippen LogP contribution is -2.48. The van der Waals surface area contributed by atoms with Gasteiger partial charge < -0.3 is 20.3 Å². The molecular weight excluding hydrogens is 392 g/mol. The largest absolute Gasteiger partial charge is 0.369 e. The van der Waals surface area contributed by atoms with Gasteiger partial charge in [-0.05, 0) is 14.1 Å². The molecule has 1 fully saturated rings. The van der Waals surface area contributed by atoms with Crippen molar-refractivity contribution in [1.29, 1.82) is 0 Å². The van der Waals surface area contributed by atoms with Crippen molar-refractivity contribution in [3.8, 4) is 0 Å². The molecule has 0 aliphatic carbocycles. The lowest BCUT2D eigenvalue weighted by molar-refractivity contribution is 0.0724. The number of morpholine rings is 1. The second kappa shape index (κ2) is 9.90. The van der Waals surface area contributed by atoms with Crippen LogP contribution in [0.15, 0.2) is 14.2 Å². The fourth-order valence-corrected chi connectivity index (χ4v) is 5.02. The number of nitrogens with zero attached hydrogens (tertiary/aromatic N) is 4. The third-order valence-electron chi connectivity index (χ3n) is 3.66. The van der Waals surface area contributed by atoms with Gasteiger partial charge in [-0.25, -0.2) is 9.19 Å². The molecule has 26 heavy (non-hydrogen) atoms. The third-order valence-corrected chi connectivity index (χ3v) is 6.23. The number of hydrogen-bond donors (Lipinski definition) is 2. The van der Waals surface area contributed by atoms with E-state index in [4.69, 9.17) is 4.74 Å². The van der Waals surface area contributed by atoms with E-state index in [0.717, 1.165) is 41.8 Å². The normalized spacial score (nSPS) is 23.2. The topological polar surface area (TPSA) is 91.2 Å². The van der Waals surface area contributed by atoms with Crippen LogP contribution >= 0.6 is 23.1 Å². The molecule has 1 saturated heterocycles. The molecule has 0 amide bonds. The molecule has 0 aromatic carbocycles. The fraction of sp³-hybridized carbons (Fsp3) is 0.667. The summed E-state index contributed by atoms with van der Waals surface area (Å²) in [7, 11) is 4.10. The smallest absolute Gasteiger partial charge is 0.268 e. The van der Waals surface area contributed by atoms with E-state index in [1.54, 1.807) is 11.3 Å². The number of ether oxygens (including phenoxy) is 1. The number of nitrogens with one attached hydrogen (secondary N) is 2. The van der Waals surface area contributed by atoms with Gasteiger partial charge in [0, 0.05) is 43.1 Å². The number of thioether (sulfide) groups is 1. The van der Waals surface area contributed by atoms with Gasteiger partial charge in [-0.1, -0.05) is 0 Å². The molecule has 0 spiro atoms. The van der Waals surface area contributed by atoms with Crippen molar-refractivity contribution < 1.29 is 8.95 Å². The van der Waals surface area contributed by atoms with Crippen LogP contribution < -0.4 is 10.6 Å². The van der Waals surface area contributed by atoms with Crippen molar-refractivity contribution in [1.82, 2.24) is 20.5 Å². The van der Waals surface area contributed by atoms with E-state index in [-0.39, 0.29) is 6.10 Å². The zero-order valence-corrected chi connectivity index (χ0v) is 17.4. The Kier molecular flexibility index (Phi) is 7.58. The Morgan fingerprint density at radius 1 is 1.50 bits per heavy atom. The Bertz CT molecular complexity index is 685.